The zero-order chi connectivity index (χ0) is 18.9. The zero-order valence-corrected chi connectivity index (χ0v) is 17.3. The number of carbonyl (C=O) groups is 2. The Kier molecular flexibility index (Phi) is 8.95. The second kappa shape index (κ2) is 10.9. The van der Waals surface area contributed by atoms with Gasteiger partial charge in [-0.05, 0) is 44.4 Å². The van der Waals surface area contributed by atoms with Gasteiger partial charge in [0.25, 0.3) is 5.91 Å². The lowest BCUT2D eigenvalue weighted by Crippen LogP contribution is -2.29. The van der Waals surface area contributed by atoms with E-state index in [-0.39, 0.29) is 11.9 Å². The fourth-order valence-corrected chi connectivity index (χ4v) is 5.79. The fraction of sp³-hybridized carbons (Fsp3) is 0.556. The Bertz CT molecular complexity index is 623. The van der Waals surface area contributed by atoms with E-state index in [2.05, 4.69) is 5.32 Å². The molecule has 1 N–H and O–H groups in total. The summed E-state index contributed by atoms with van der Waals surface area (Å²) in [5.41, 5.74) is 0.524. The van der Waals surface area contributed by atoms with Crippen molar-refractivity contribution >= 4 is 50.8 Å². The molecule has 1 fully saturated rings. The van der Waals surface area contributed by atoms with Crippen molar-refractivity contribution in [1.29, 1.82) is 0 Å². The fourth-order valence-electron chi connectivity index (χ4n) is 2.50. The van der Waals surface area contributed by atoms with Gasteiger partial charge in [0, 0.05) is 23.1 Å². The molecule has 0 unspecified atom stereocenters. The highest BCUT2D eigenvalue weighted by Gasteiger charge is 2.19. The van der Waals surface area contributed by atoms with Crippen LogP contribution >= 0.6 is 33.2 Å². The first-order chi connectivity index (χ1) is 12.5. The molecule has 1 saturated heterocycles. The zero-order valence-electron chi connectivity index (χ0n) is 15.0. The number of ether oxygens (including phenoxy) is 2. The molecule has 26 heavy (non-hydrogen) atoms. The SMILES string of the molecule is COc1ccc(NC(=O)[C@@H](C)OC(=O)CCCC[C@H]2CCSS2)cc1Cl. The molecule has 1 aliphatic heterocycles. The lowest BCUT2D eigenvalue weighted by Gasteiger charge is -2.14. The van der Waals surface area contributed by atoms with Crippen LogP contribution < -0.4 is 10.1 Å². The van der Waals surface area contributed by atoms with E-state index in [0.717, 1.165) is 24.5 Å². The summed E-state index contributed by atoms with van der Waals surface area (Å²) in [6, 6.07) is 4.93. The van der Waals surface area contributed by atoms with Gasteiger partial charge in [-0.1, -0.05) is 39.6 Å². The van der Waals surface area contributed by atoms with Crippen LogP contribution in [0.1, 0.15) is 39.0 Å². The Morgan fingerprint density at radius 3 is 2.85 bits per heavy atom. The minimum Gasteiger partial charge on any atom is -0.495 e. The third kappa shape index (κ3) is 6.93. The summed E-state index contributed by atoms with van der Waals surface area (Å²) in [4.78, 5) is 24.0. The van der Waals surface area contributed by atoms with E-state index in [1.54, 1.807) is 25.1 Å². The smallest absolute Gasteiger partial charge is 0.306 e. The average Bonchev–Trinajstić information content (AvgIpc) is 3.12. The van der Waals surface area contributed by atoms with Crippen LogP contribution in [0.5, 0.6) is 5.75 Å². The van der Waals surface area contributed by atoms with Gasteiger partial charge in [0.2, 0.25) is 0 Å². The first kappa shape index (κ1) is 21.3. The van der Waals surface area contributed by atoms with Crippen LogP contribution in [-0.4, -0.2) is 36.1 Å². The molecule has 0 aliphatic carbocycles. The Morgan fingerprint density at radius 2 is 2.19 bits per heavy atom. The van der Waals surface area contributed by atoms with Crippen LogP contribution in [-0.2, 0) is 14.3 Å². The molecule has 144 valence electrons. The molecule has 2 rings (SSSR count). The van der Waals surface area contributed by atoms with Crippen molar-refractivity contribution in [2.75, 3.05) is 18.2 Å². The van der Waals surface area contributed by atoms with Crippen molar-refractivity contribution in [1.82, 2.24) is 0 Å². The Balaban J connectivity index is 1.68. The Labute approximate surface area is 167 Å². The predicted molar refractivity (Wildman–Crippen MR) is 109 cm³/mol. The largest absolute Gasteiger partial charge is 0.495 e. The highest BCUT2D eigenvalue weighted by Crippen LogP contribution is 2.39. The van der Waals surface area contributed by atoms with Gasteiger partial charge in [-0.15, -0.1) is 0 Å². The molecule has 2 atom stereocenters. The van der Waals surface area contributed by atoms with Crippen molar-refractivity contribution in [2.45, 2.75) is 50.4 Å². The van der Waals surface area contributed by atoms with Gasteiger partial charge in [-0.25, -0.2) is 0 Å². The molecule has 5 nitrogen and oxygen atoms in total. The Morgan fingerprint density at radius 1 is 1.38 bits per heavy atom. The van der Waals surface area contributed by atoms with Crippen LogP contribution in [0.3, 0.4) is 0 Å². The lowest BCUT2D eigenvalue weighted by atomic mass is 10.1. The number of methoxy groups -OCH3 is 1. The van der Waals surface area contributed by atoms with Crippen molar-refractivity contribution in [3.8, 4) is 5.75 Å². The highest BCUT2D eigenvalue weighted by molar-refractivity contribution is 8.77. The quantitative estimate of drug-likeness (QED) is 0.349. The van der Waals surface area contributed by atoms with E-state index < -0.39 is 6.10 Å². The summed E-state index contributed by atoms with van der Waals surface area (Å²) in [6.45, 7) is 1.56. The van der Waals surface area contributed by atoms with E-state index in [4.69, 9.17) is 21.1 Å². The number of amides is 1. The lowest BCUT2D eigenvalue weighted by molar-refractivity contribution is -0.153. The van der Waals surface area contributed by atoms with E-state index in [0.29, 0.717) is 22.9 Å². The van der Waals surface area contributed by atoms with E-state index in [9.17, 15) is 9.59 Å². The highest BCUT2D eigenvalue weighted by atomic mass is 35.5. The maximum Gasteiger partial charge on any atom is 0.306 e. The second-order valence-corrected chi connectivity index (χ2v) is 9.24. The number of unbranched alkanes of at least 4 members (excludes halogenated alkanes) is 1. The van der Waals surface area contributed by atoms with Gasteiger partial charge >= 0.3 is 5.97 Å². The van der Waals surface area contributed by atoms with Gasteiger partial charge in [-0.3, -0.25) is 9.59 Å². The van der Waals surface area contributed by atoms with Crippen LogP contribution in [0.15, 0.2) is 18.2 Å². The summed E-state index contributed by atoms with van der Waals surface area (Å²) in [5, 5.41) is 3.80. The molecule has 8 heteroatoms. The van der Waals surface area contributed by atoms with Gasteiger partial charge < -0.3 is 14.8 Å². The monoisotopic (exact) mass is 417 g/mol. The van der Waals surface area contributed by atoms with Gasteiger partial charge in [0.05, 0.1) is 12.1 Å². The summed E-state index contributed by atoms with van der Waals surface area (Å²) >= 11 is 6.03. The van der Waals surface area contributed by atoms with Gasteiger partial charge in [-0.2, -0.15) is 0 Å². The topological polar surface area (TPSA) is 64.6 Å². The standard InChI is InChI=1S/C18H24ClNO4S2/c1-12(18(22)20-13-7-8-16(23-2)15(19)11-13)24-17(21)6-4-3-5-14-9-10-25-26-14/h7-8,11-12,14H,3-6,9-10H2,1-2H3,(H,20,22)/t12-,14+/m1/s1. The first-order valence-electron chi connectivity index (χ1n) is 8.61. The summed E-state index contributed by atoms with van der Waals surface area (Å²) in [7, 11) is 5.40. The normalized spacial score (nSPS) is 17.6. The van der Waals surface area contributed by atoms with Crippen LogP contribution in [0, 0.1) is 0 Å². The molecular weight excluding hydrogens is 394 g/mol. The first-order valence-corrected chi connectivity index (χ1v) is 11.4. The third-order valence-corrected chi connectivity index (χ3v) is 7.28. The van der Waals surface area contributed by atoms with Crippen LogP contribution in [0.4, 0.5) is 5.69 Å². The number of anilines is 1. The van der Waals surface area contributed by atoms with Crippen molar-refractivity contribution in [3.63, 3.8) is 0 Å². The molecule has 1 aromatic carbocycles. The van der Waals surface area contributed by atoms with Crippen LogP contribution in [0.2, 0.25) is 5.02 Å². The molecule has 1 amide bonds. The van der Waals surface area contributed by atoms with Crippen molar-refractivity contribution in [2.24, 2.45) is 0 Å². The molecule has 0 bridgehead atoms. The maximum atomic E-state index is 12.1. The van der Waals surface area contributed by atoms with Crippen molar-refractivity contribution < 1.29 is 19.1 Å². The molecule has 0 aromatic heterocycles. The molecule has 1 aromatic rings. The number of hydrogen-bond donors (Lipinski definition) is 1. The molecule has 0 saturated carbocycles. The molecule has 1 heterocycles. The number of benzene rings is 1. The number of esters is 1. The number of nitrogens with one attached hydrogen (secondary N) is 1. The summed E-state index contributed by atoms with van der Waals surface area (Å²) in [6.07, 6.45) is 3.69. The third-order valence-electron chi connectivity index (χ3n) is 3.98. The maximum absolute atomic E-state index is 12.1. The van der Waals surface area contributed by atoms with Gasteiger partial charge in [0.1, 0.15) is 5.75 Å². The minimum absolute atomic E-state index is 0.339. The molecule has 0 spiro atoms. The number of rotatable bonds is 9. The second-order valence-electron chi connectivity index (χ2n) is 6.05. The van der Waals surface area contributed by atoms with E-state index in [1.807, 2.05) is 21.6 Å². The average molecular weight is 418 g/mol. The number of hydrogen-bond acceptors (Lipinski definition) is 6. The molecule has 0 radical (unpaired) electrons. The molecular formula is C18H24ClNO4S2. The van der Waals surface area contributed by atoms with E-state index >= 15 is 0 Å². The van der Waals surface area contributed by atoms with Gasteiger partial charge in [0.15, 0.2) is 6.10 Å². The van der Waals surface area contributed by atoms with E-state index in [1.165, 1.54) is 19.3 Å². The summed E-state index contributed by atoms with van der Waals surface area (Å²) in [5.74, 6) is 1.02. The van der Waals surface area contributed by atoms with Crippen molar-refractivity contribution in [3.05, 3.63) is 23.2 Å². The minimum atomic E-state index is -0.856. The summed E-state index contributed by atoms with van der Waals surface area (Å²) < 4.78 is 10.3. The number of halogens is 1. The number of carbonyl (C=O) groups excluding carboxylic acids is 2. The van der Waals surface area contributed by atoms with Crippen LogP contribution in [0.25, 0.3) is 0 Å². The molecule has 1 aliphatic rings. The Hall–Kier alpha value is -1.05. The predicted octanol–water partition coefficient (Wildman–Crippen LogP) is 4.93.